The van der Waals surface area contributed by atoms with Crippen LogP contribution >= 0.6 is 0 Å². The summed E-state index contributed by atoms with van der Waals surface area (Å²) in [6.45, 7) is 19.2. The van der Waals surface area contributed by atoms with E-state index < -0.39 is 0 Å². The first-order valence-corrected chi connectivity index (χ1v) is 4.07. The Hall–Kier alpha value is -0.520. The Kier molecular flexibility index (Phi) is 24.8. The summed E-state index contributed by atoms with van der Waals surface area (Å²) in [6.07, 6.45) is 1.75. The second kappa shape index (κ2) is 16.2. The zero-order chi connectivity index (χ0) is 9.86. The van der Waals surface area contributed by atoms with Gasteiger partial charge in [-0.1, -0.05) is 32.4 Å². The van der Waals surface area contributed by atoms with Gasteiger partial charge >= 0.3 is 0 Å². The Balaban J connectivity index is -0.0000000886. The smallest absolute Gasteiger partial charge is 0.0445 e. The van der Waals surface area contributed by atoms with Gasteiger partial charge in [-0.25, -0.2) is 0 Å². The maximum absolute atomic E-state index is 3.56. The molecule has 0 aliphatic carbocycles. The molecule has 0 spiro atoms. The van der Waals surface area contributed by atoms with E-state index in [9.17, 15) is 0 Å². The third kappa shape index (κ3) is 1960. The third-order valence-electron chi connectivity index (χ3n) is 0. The first-order valence-electron chi connectivity index (χ1n) is 4.07. The zero-order valence-electron chi connectivity index (χ0n) is 9.07. The molecule has 0 unspecified atom stereocenters. The predicted molar refractivity (Wildman–Crippen MR) is 56.9 cm³/mol. The summed E-state index contributed by atoms with van der Waals surface area (Å²) in [5.74, 6) is 0.833. The lowest BCUT2D eigenvalue weighted by molar-refractivity contribution is 0.737. The molecule has 0 bridgehead atoms. The van der Waals surface area contributed by atoms with E-state index >= 15 is 0 Å². The molecule has 0 saturated heterocycles. The molecule has 0 aromatic heterocycles. The minimum absolute atomic E-state index is 0.833. The van der Waals surface area contributed by atoms with E-state index in [1.54, 1.807) is 6.08 Å². The van der Waals surface area contributed by atoms with Gasteiger partial charge < -0.3 is 0 Å². The maximum Gasteiger partial charge on any atom is -0.0445 e. The molecule has 0 N–H and O–H groups in total. The minimum Gasteiger partial charge on any atom is -0.103 e. The molecular weight excluding hydrogens is 132 g/mol. The summed E-state index contributed by atoms with van der Waals surface area (Å²) in [5.41, 5.74) is 1.17. The number of rotatable bonds is 0. The molecule has 0 heterocycles. The number of hydrogen-bond acceptors (Lipinski definition) is 0. The molecule has 0 heteroatoms. The van der Waals surface area contributed by atoms with Crippen LogP contribution in [0.15, 0.2) is 24.8 Å². The van der Waals surface area contributed by atoms with E-state index in [0.29, 0.717) is 0 Å². The monoisotopic (exact) mass is 156 g/mol. The largest absolute Gasteiger partial charge is 0.103 e. The van der Waals surface area contributed by atoms with E-state index in [1.165, 1.54) is 5.57 Å². The summed E-state index contributed by atoms with van der Waals surface area (Å²) >= 11 is 0. The molecule has 0 rings (SSSR count). The lowest BCUT2D eigenvalue weighted by atomic mass is 10.3. The van der Waals surface area contributed by atoms with Crippen LogP contribution in [-0.4, -0.2) is 0 Å². The lowest BCUT2D eigenvalue weighted by Gasteiger charge is -1.79. The normalized spacial score (nSPS) is 6.82. The van der Waals surface area contributed by atoms with Crippen molar-refractivity contribution in [2.24, 2.45) is 5.92 Å². The summed E-state index contributed by atoms with van der Waals surface area (Å²) in [5, 5.41) is 0. The van der Waals surface area contributed by atoms with Crippen LogP contribution in [0.2, 0.25) is 0 Å². The maximum atomic E-state index is 3.56. The third-order valence-corrected chi connectivity index (χ3v) is 0. The number of allylic oxidation sites excluding steroid dienone is 2. The highest BCUT2D eigenvalue weighted by Gasteiger charge is 1.68. The quantitative estimate of drug-likeness (QED) is 0.455. The molecule has 0 nitrogen and oxygen atoms in total. The molecule has 0 aromatic carbocycles. The van der Waals surface area contributed by atoms with Gasteiger partial charge in [-0.05, 0) is 26.7 Å². The van der Waals surface area contributed by atoms with Gasteiger partial charge in [-0.3, -0.25) is 0 Å². The second-order valence-electron chi connectivity index (χ2n) is 3.35. The highest BCUT2D eigenvalue weighted by Crippen LogP contribution is 1.81. The molecule has 0 amide bonds. The predicted octanol–water partition coefficient (Wildman–Crippen LogP) is 4.44. The topological polar surface area (TPSA) is 0 Å². The molecule has 0 aliphatic rings. The van der Waals surface area contributed by atoms with Crippen LogP contribution in [0.4, 0.5) is 0 Å². The molecule has 68 valence electrons. The SMILES string of the molecule is C=C(C)C.C=CC.CC(C)C. The van der Waals surface area contributed by atoms with Gasteiger partial charge in [-0.2, -0.15) is 0 Å². The molecular formula is C11H24. The number of hydrogen-bond donors (Lipinski definition) is 0. The van der Waals surface area contributed by atoms with Crippen LogP contribution in [0, 0.1) is 5.92 Å². The Labute approximate surface area is 73.0 Å². The van der Waals surface area contributed by atoms with Gasteiger partial charge in [0, 0.05) is 0 Å². The van der Waals surface area contributed by atoms with Crippen LogP contribution in [0.5, 0.6) is 0 Å². The van der Waals surface area contributed by atoms with Crippen LogP contribution in [-0.2, 0) is 0 Å². The van der Waals surface area contributed by atoms with E-state index in [2.05, 4.69) is 33.9 Å². The Morgan fingerprint density at radius 2 is 1.18 bits per heavy atom. The van der Waals surface area contributed by atoms with Crippen molar-refractivity contribution >= 4 is 0 Å². The molecule has 11 heavy (non-hydrogen) atoms. The van der Waals surface area contributed by atoms with Crippen molar-refractivity contribution in [2.75, 3.05) is 0 Å². The van der Waals surface area contributed by atoms with Crippen molar-refractivity contribution in [2.45, 2.75) is 41.5 Å². The summed E-state index contributed by atoms with van der Waals surface area (Å²) in [6, 6.07) is 0. The van der Waals surface area contributed by atoms with Gasteiger partial charge in [0.25, 0.3) is 0 Å². The van der Waals surface area contributed by atoms with Crippen molar-refractivity contribution in [1.29, 1.82) is 0 Å². The van der Waals surface area contributed by atoms with Gasteiger partial charge in [0.05, 0.1) is 0 Å². The first kappa shape index (κ1) is 16.8. The molecule has 0 atom stereocenters. The fraction of sp³-hybridized carbons (Fsp3) is 0.636. The standard InChI is InChI=1S/C4H10.C4H8.C3H6/c2*1-4(2)3;1-3-2/h4H,1-3H3;1H2,2-3H3;3H,1H2,2H3. The van der Waals surface area contributed by atoms with E-state index in [4.69, 9.17) is 0 Å². The Bertz CT molecular complexity index is 71.3. The first-order chi connectivity index (χ1) is 4.88. The highest BCUT2D eigenvalue weighted by molar-refractivity contribution is 4.78. The van der Waals surface area contributed by atoms with E-state index in [0.717, 1.165) is 5.92 Å². The average molecular weight is 156 g/mol. The zero-order valence-corrected chi connectivity index (χ0v) is 9.07. The molecule has 0 aromatic rings. The van der Waals surface area contributed by atoms with Crippen molar-refractivity contribution in [3.05, 3.63) is 24.8 Å². The molecule has 0 saturated carbocycles. The van der Waals surface area contributed by atoms with Gasteiger partial charge in [0.1, 0.15) is 0 Å². The van der Waals surface area contributed by atoms with E-state index in [1.807, 2.05) is 20.8 Å². The van der Waals surface area contributed by atoms with Gasteiger partial charge in [-0.15, -0.1) is 13.2 Å². The van der Waals surface area contributed by atoms with Gasteiger partial charge in [0.2, 0.25) is 0 Å². The summed E-state index contributed by atoms with van der Waals surface area (Å²) in [4.78, 5) is 0. The molecule has 0 radical (unpaired) electrons. The summed E-state index contributed by atoms with van der Waals surface area (Å²) < 4.78 is 0. The van der Waals surface area contributed by atoms with Crippen LogP contribution in [0.25, 0.3) is 0 Å². The average Bonchev–Trinajstić information content (AvgIpc) is 1.60. The van der Waals surface area contributed by atoms with Crippen molar-refractivity contribution in [1.82, 2.24) is 0 Å². The fourth-order valence-electron chi connectivity index (χ4n) is 0. The molecule has 0 fully saturated rings. The van der Waals surface area contributed by atoms with Crippen LogP contribution < -0.4 is 0 Å². The van der Waals surface area contributed by atoms with Crippen LogP contribution in [0.1, 0.15) is 41.5 Å². The second-order valence-corrected chi connectivity index (χ2v) is 3.35. The molecule has 0 aliphatic heterocycles. The Morgan fingerprint density at radius 1 is 1.18 bits per heavy atom. The highest BCUT2D eigenvalue weighted by atomic mass is 13.7. The van der Waals surface area contributed by atoms with Crippen LogP contribution in [0.3, 0.4) is 0 Å². The fourth-order valence-corrected chi connectivity index (χ4v) is 0. The Morgan fingerprint density at radius 3 is 1.18 bits per heavy atom. The summed E-state index contributed by atoms with van der Waals surface area (Å²) in [7, 11) is 0. The minimum atomic E-state index is 0.833. The lowest BCUT2D eigenvalue weighted by Crippen LogP contribution is -1.66. The van der Waals surface area contributed by atoms with Crippen molar-refractivity contribution in [3.8, 4) is 0 Å². The van der Waals surface area contributed by atoms with Crippen molar-refractivity contribution < 1.29 is 0 Å². The van der Waals surface area contributed by atoms with Crippen molar-refractivity contribution in [3.63, 3.8) is 0 Å². The van der Waals surface area contributed by atoms with Gasteiger partial charge in [0.15, 0.2) is 0 Å². The van der Waals surface area contributed by atoms with E-state index in [-0.39, 0.29) is 0 Å².